The summed E-state index contributed by atoms with van der Waals surface area (Å²) in [5.74, 6) is -2.56. The fourth-order valence-corrected chi connectivity index (χ4v) is 2.56. The molecule has 1 aromatic heterocycles. The van der Waals surface area contributed by atoms with Gasteiger partial charge in [0.05, 0.1) is 18.9 Å². The average molecular weight is 325 g/mol. The Morgan fingerprint density at radius 3 is 2.50 bits per heavy atom. The fourth-order valence-electron chi connectivity index (χ4n) is 2.41. The summed E-state index contributed by atoms with van der Waals surface area (Å²) in [6.07, 6.45) is 4.93. The second-order valence-electron chi connectivity index (χ2n) is 4.98. The minimum absolute atomic E-state index is 0.181. The van der Waals surface area contributed by atoms with Crippen molar-refractivity contribution in [2.45, 2.75) is 5.91 Å². The molecular weight excluding hydrogens is 312 g/mol. The highest BCUT2D eigenvalue weighted by Crippen LogP contribution is 2.31. The molecule has 0 radical (unpaired) electrons. The number of anilines is 1. The first kappa shape index (κ1) is 14.7. The molecule has 2 aliphatic rings. The Balaban J connectivity index is 2.03. The number of likely N-dealkylation sites (N-methyl/N-ethyl adjacent to an activating group) is 1. The minimum Gasteiger partial charge on any atom is -0.399 e. The molecule has 0 aliphatic carbocycles. The van der Waals surface area contributed by atoms with Gasteiger partial charge in [-0.25, -0.2) is 14.6 Å². The van der Waals surface area contributed by atoms with Crippen LogP contribution in [0.4, 0.5) is 5.82 Å². The van der Waals surface area contributed by atoms with Crippen LogP contribution in [-0.2, 0) is 19.1 Å². The molecule has 22 heavy (non-hydrogen) atoms. The van der Waals surface area contributed by atoms with E-state index in [0.717, 1.165) is 12.2 Å². The van der Waals surface area contributed by atoms with Crippen LogP contribution in [0.2, 0.25) is 5.15 Å². The molecule has 3 rings (SSSR count). The molecule has 0 amide bonds. The zero-order valence-electron chi connectivity index (χ0n) is 11.7. The molecule has 0 N–H and O–H groups in total. The molecule has 0 atom stereocenters. The number of halogens is 1. The maximum Gasteiger partial charge on any atom is 0.357 e. The van der Waals surface area contributed by atoms with Gasteiger partial charge in [-0.15, -0.1) is 0 Å². The Labute approximate surface area is 131 Å². The summed E-state index contributed by atoms with van der Waals surface area (Å²) in [4.78, 5) is 35.2. The molecule has 3 heterocycles. The van der Waals surface area contributed by atoms with Crippen molar-refractivity contribution < 1.29 is 19.1 Å². The lowest BCUT2D eigenvalue weighted by molar-refractivity contribution is -0.230. The number of carbonyl (C=O) groups excluding carboxylic acids is 2. The summed E-state index contributed by atoms with van der Waals surface area (Å²) in [5.41, 5.74) is 0. The maximum absolute atomic E-state index is 11.8. The second kappa shape index (κ2) is 5.54. The van der Waals surface area contributed by atoms with Crippen molar-refractivity contribution in [3.8, 4) is 0 Å². The van der Waals surface area contributed by atoms with Crippen LogP contribution in [0.1, 0.15) is 0 Å². The van der Waals surface area contributed by atoms with Crippen LogP contribution < -0.4 is 4.90 Å². The van der Waals surface area contributed by atoms with Gasteiger partial charge < -0.3 is 9.47 Å². The van der Waals surface area contributed by atoms with E-state index >= 15 is 0 Å². The van der Waals surface area contributed by atoms with E-state index in [4.69, 9.17) is 21.1 Å². The predicted octanol–water partition coefficient (Wildman–Crippen LogP) is 0.192. The topological polar surface area (TPSA) is 84.9 Å². The van der Waals surface area contributed by atoms with Gasteiger partial charge in [0, 0.05) is 25.2 Å². The van der Waals surface area contributed by atoms with Crippen molar-refractivity contribution in [3.63, 3.8) is 0 Å². The lowest BCUT2D eigenvalue weighted by atomic mass is 10.2. The molecule has 8 nitrogen and oxygen atoms in total. The number of esters is 2. The van der Waals surface area contributed by atoms with E-state index in [0.29, 0.717) is 18.9 Å². The van der Waals surface area contributed by atoms with Gasteiger partial charge in [-0.3, -0.25) is 14.8 Å². The number of hydrogen-bond donors (Lipinski definition) is 0. The Kier molecular flexibility index (Phi) is 3.71. The molecule has 0 bridgehead atoms. The van der Waals surface area contributed by atoms with Crippen LogP contribution in [0.3, 0.4) is 0 Å². The number of rotatable bonds is 1. The monoisotopic (exact) mass is 324 g/mol. The largest absolute Gasteiger partial charge is 0.399 e. The molecule has 0 unspecified atom stereocenters. The van der Waals surface area contributed by atoms with E-state index in [1.807, 2.05) is 11.9 Å². The number of ether oxygens (including phenoxy) is 2. The molecule has 0 saturated carbocycles. The predicted molar refractivity (Wildman–Crippen MR) is 75.9 cm³/mol. The van der Waals surface area contributed by atoms with E-state index in [1.54, 1.807) is 4.90 Å². The van der Waals surface area contributed by atoms with E-state index < -0.39 is 17.8 Å². The number of nitrogens with zero attached hydrogens (tertiary/aromatic N) is 4. The maximum atomic E-state index is 11.8. The molecule has 116 valence electrons. The minimum atomic E-state index is -1.59. The molecule has 2 aliphatic heterocycles. The standard InChI is InChI=1S/C13H13ClN4O4/c1-17-4-5-18(10-7-15-6-9(14)16-10)13(8-17)21-11(19)2-3-12(20)22-13/h2-3,6-7H,4-5,8H2,1H3. The second-order valence-corrected chi connectivity index (χ2v) is 5.36. The van der Waals surface area contributed by atoms with Crippen LogP contribution in [0, 0.1) is 0 Å². The highest BCUT2D eigenvalue weighted by atomic mass is 35.5. The fraction of sp³-hybridized carbons (Fsp3) is 0.385. The summed E-state index contributed by atoms with van der Waals surface area (Å²) in [7, 11) is 1.84. The molecule has 1 aromatic rings. The smallest absolute Gasteiger partial charge is 0.357 e. The average Bonchev–Trinajstić information content (AvgIpc) is 2.58. The van der Waals surface area contributed by atoms with Gasteiger partial charge in [0.2, 0.25) is 0 Å². The van der Waals surface area contributed by atoms with Crippen molar-refractivity contribution >= 4 is 29.4 Å². The van der Waals surface area contributed by atoms with Gasteiger partial charge in [-0.1, -0.05) is 11.6 Å². The molecule has 9 heteroatoms. The third-order valence-electron chi connectivity index (χ3n) is 3.33. The normalized spacial score (nSPS) is 21.5. The first-order chi connectivity index (χ1) is 10.5. The van der Waals surface area contributed by atoms with Crippen LogP contribution in [0.5, 0.6) is 0 Å². The Hall–Kier alpha value is -2.19. The van der Waals surface area contributed by atoms with Crippen molar-refractivity contribution in [3.05, 3.63) is 29.7 Å². The third kappa shape index (κ3) is 2.75. The molecular formula is C13H13ClN4O4. The summed E-state index contributed by atoms with van der Waals surface area (Å²) in [6, 6.07) is 0. The zero-order valence-corrected chi connectivity index (χ0v) is 12.5. The summed E-state index contributed by atoms with van der Waals surface area (Å²) < 4.78 is 10.8. The number of carbonyl (C=O) groups is 2. The molecule has 1 saturated heterocycles. The van der Waals surface area contributed by atoms with Crippen LogP contribution in [-0.4, -0.2) is 59.4 Å². The first-order valence-corrected chi connectivity index (χ1v) is 6.94. The van der Waals surface area contributed by atoms with Crippen molar-refractivity contribution in [2.75, 3.05) is 31.6 Å². The Morgan fingerprint density at radius 1 is 1.18 bits per heavy atom. The van der Waals surface area contributed by atoms with Gasteiger partial charge in [-0.05, 0) is 7.05 Å². The van der Waals surface area contributed by atoms with Crippen LogP contribution >= 0.6 is 11.6 Å². The van der Waals surface area contributed by atoms with E-state index in [2.05, 4.69) is 9.97 Å². The Morgan fingerprint density at radius 2 is 1.86 bits per heavy atom. The van der Waals surface area contributed by atoms with Gasteiger partial charge in [-0.2, -0.15) is 0 Å². The van der Waals surface area contributed by atoms with Crippen molar-refractivity contribution in [1.29, 1.82) is 0 Å². The van der Waals surface area contributed by atoms with Gasteiger partial charge in [0.25, 0.3) is 0 Å². The lowest BCUT2D eigenvalue weighted by Crippen LogP contribution is -2.65. The van der Waals surface area contributed by atoms with Crippen LogP contribution in [0.15, 0.2) is 24.5 Å². The summed E-state index contributed by atoms with van der Waals surface area (Å²) in [6.45, 7) is 1.27. The Bertz CT molecular complexity index is 631. The zero-order chi connectivity index (χ0) is 15.7. The number of hydrogen-bond acceptors (Lipinski definition) is 8. The van der Waals surface area contributed by atoms with Gasteiger partial charge in [0.15, 0.2) is 5.82 Å². The van der Waals surface area contributed by atoms with Crippen molar-refractivity contribution in [2.24, 2.45) is 0 Å². The highest BCUT2D eigenvalue weighted by Gasteiger charge is 2.50. The van der Waals surface area contributed by atoms with E-state index in [9.17, 15) is 9.59 Å². The van der Waals surface area contributed by atoms with Gasteiger partial charge >= 0.3 is 17.8 Å². The van der Waals surface area contributed by atoms with E-state index in [-0.39, 0.29) is 11.7 Å². The van der Waals surface area contributed by atoms with Crippen molar-refractivity contribution in [1.82, 2.24) is 14.9 Å². The SMILES string of the molecule is CN1CCN(c2cncc(Cl)n2)C2(C1)OC(=O)C=CC(=O)O2. The third-order valence-corrected chi connectivity index (χ3v) is 3.51. The lowest BCUT2D eigenvalue weighted by Gasteiger charge is -2.46. The number of piperazine rings is 1. The molecule has 1 fully saturated rings. The highest BCUT2D eigenvalue weighted by molar-refractivity contribution is 6.29. The van der Waals surface area contributed by atoms with Crippen LogP contribution in [0.25, 0.3) is 0 Å². The number of aromatic nitrogens is 2. The summed E-state index contributed by atoms with van der Waals surface area (Å²) in [5, 5.41) is 0.191. The van der Waals surface area contributed by atoms with Gasteiger partial charge in [0.1, 0.15) is 5.15 Å². The first-order valence-electron chi connectivity index (χ1n) is 6.56. The molecule has 0 aromatic carbocycles. The summed E-state index contributed by atoms with van der Waals surface area (Å²) >= 11 is 5.87. The van der Waals surface area contributed by atoms with E-state index in [1.165, 1.54) is 12.4 Å². The quantitative estimate of drug-likeness (QED) is 0.677. The molecule has 1 spiro atoms.